The second-order valence-electron chi connectivity index (χ2n) is 8.84. The third kappa shape index (κ3) is 6.75. The number of nitro benzene ring substituents is 1. The zero-order valence-corrected chi connectivity index (χ0v) is 19.8. The van der Waals surface area contributed by atoms with Crippen molar-refractivity contribution in [1.29, 1.82) is 0 Å². The zero-order chi connectivity index (χ0) is 25.3. The fourth-order valence-corrected chi connectivity index (χ4v) is 4.49. The predicted molar refractivity (Wildman–Crippen MR) is 128 cm³/mol. The SMILES string of the molecule is CCC1CCN(c2c(F)c(CCCCN)c([N+](=O)[O-])c(N[C@@H](CCCCN)C(=O)O)c2F)CC1. The maximum atomic E-state index is 15.8. The molecule has 1 heterocycles. The summed E-state index contributed by atoms with van der Waals surface area (Å²) in [5.41, 5.74) is 9.15. The molecule has 6 N–H and O–H groups in total. The van der Waals surface area contributed by atoms with Crippen LogP contribution in [0.25, 0.3) is 0 Å². The Hall–Kier alpha value is -2.53. The number of carboxylic acid groups (broad SMARTS) is 1. The summed E-state index contributed by atoms with van der Waals surface area (Å²) in [4.78, 5) is 24.6. The first-order chi connectivity index (χ1) is 16.3. The Balaban J connectivity index is 2.59. The molecule has 1 aliphatic heterocycles. The highest BCUT2D eigenvalue weighted by molar-refractivity contribution is 5.82. The van der Waals surface area contributed by atoms with Crippen LogP contribution in [0.2, 0.25) is 0 Å². The molecule has 192 valence electrons. The summed E-state index contributed by atoms with van der Waals surface area (Å²) in [5, 5.41) is 24.2. The highest BCUT2D eigenvalue weighted by Gasteiger charge is 2.36. The number of anilines is 2. The number of aliphatic carboxylic acids is 1. The van der Waals surface area contributed by atoms with Crippen LogP contribution in [0.4, 0.5) is 25.8 Å². The van der Waals surface area contributed by atoms with Gasteiger partial charge in [-0.05, 0) is 70.4 Å². The highest BCUT2D eigenvalue weighted by atomic mass is 19.1. The number of halogens is 2. The highest BCUT2D eigenvalue weighted by Crippen LogP contribution is 2.43. The molecule has 2 rings (SSSR count). The molecule has 1 aromatic rings. The summed E-state index contributed by atoms with van der Waals surface area (Å²) in [5.74, 6) is -2.88. The molecule has 0 aromatic heterocycles. The predicted octanol–water partition coefficient (Wildman–Crippen LogP) is 3.77. The third-order valence-electron chi connectivity index (χ3n) is 6.56. The lowest BCUT2D eigenvalue weighted by Gasteiger charge is -2.34. The van der Waals surface area contributed by atoms with Crippen LogP contribution in [0.5, 0.6) is 0 Å². The van der Waals surface area contributed by atoms with E-state index in [1.54, 1.807) is 4.90 Å². The largest absolute Gasteiger partial charge is 0.480 e. The van der Waals surface area contributed by atoms with E-state index in [2.05, 4.69) is 12.2 Å². The molecule has 0 saturated carbocycles. The number of piperidine rings is 1. The van der Waals surface area contributed by atoms with E-state index in [4.69, 9.17) is 11.5 Å². The molecule has 11 heteroatoms. The first-order valence-corrected chi connectivity index (χ1v) is 12.1. The van der Waals surface area contributed by atoms with E-state index < -0.39 is 39.9 Å². The number of hydrogen-bond donors (Lipinski definition) is 4. The van der Waals surface area contributed by atoms with Crippen molar-refractivity contribution in [3.8, 4) is 0 Å². The van der Waals surface area contributed by atoms with E-state index in [-0.39, 0.29) is 24.1 Å². The van der Waals surface area contributed by atoms with Gasteiger partial charge in [0.15, 0.2) is 17.3 Å². The van der Waals surface area contributed by atoms with E-state index >= 15 is 8.78 Å². The molecule has 0 spiro atoms. The lowest BCUT2D eigenvalue weighted by atomic mass is 9.93. The maximum absolute atomic E-state index is 15.8. The van der Waals surface area contributed by atoms with Gasteiger partial charge in [-0.2, -0.15) is 0 Å². The third-order valence-corrected chi connectivity index (χ3v) is 6.56. The van der Waals surface area contributed by atoms with Crippen molar-refractivity contribution < 1.29 is 23.6 Å². The van der Waals surface area contributed by atoms with Crippen molar-refractivity contribution in [2.24, 2.45) is 17.4 Å². The van der Waals surface area contributed by atoms with E-state index in [0.717, 1.165) is 19.3 Å². The smallest absolute Gasteiger partial charge is 0.326 e. The zero-order valence-electron chi connectivity index (χ0n) is 19.8. The number of nitro groups is 1. The summed E-state index contributed by atoms with van der Waals surface area (Å²) in [7, 11) is 0. The molecule has 34 heavy (non-hydrogen) atoms. The molecule has 1 fully saturated rings. The van der Waals surface area contributed by atoms with E-state index in [9.17, 15) is 20.0 Å². The van der Waals surface area contributed by atoms with E-state index in [0.29, 0.717) is 57.8 Å². The maximum Gasteiger partial charge on any atom is 0.326 e. The first-order valence-electron chi connectivity index (χ1n) is 12.1. The molecule has 1 atom stereocenters. The second-order valence-corrected chi connectivity index (χ2v) is 8.84. The fraction of sp³-hybridized carbons (Fsp3) is 0.696. The Morgan fingerprint density at radius 2 is 1.79 bits per heavy atom. The van der Waals surface area contributed by atoms with Crippen molar-refractivity contribution >= 4 is 23.0 Å². The minimum Gasteiger partial charge on any atom is -0.480 e. The second kappa shape index (κ2) is 13.4. The van der Waals surface area contributed by atoms with Crippen LogP contribution in [-0.4, -0.2) is 48.2 Å². The molecule has 0 amide bonds. The number of nitrogens with zero attached hydrogens (tertiary/aromatic N) is 2. The number of hydrogen-bond acceptors (Lipinski definition) is 7. The molecule has 0 bridgehead atoms. The van der Waals surface area contributed by atoms with Gasteiger partial charge in [-0.25, -0.2) is 13.6 Å². The Kier molecular flexibility index (Phi) is 10.9. The van der Waals surface area contributed by atoms with Gasteiger partial charge >= 0.3 is 11.7 Å². The van der Waals surface area contributed by atoms with Gasteiger partial charge in [-0.15, -0.1) is 0 Å². The molecule has 1 aromatic carbocycles. The summed E-state index contributed by atoms with van der Waals surface area (Å²) in [6.45, 7) is 3.61. The lowest BCUT2D eigenvalue weighted by Crippen LogP contribution is -2.36. The Morgan fingerprint density at radius 3 is 2.32 bits per heavy atom. The lowest BCUT2D eigenvalue weighted by molar-refractivity contribution is -0.385. The van der Waals surface area contributed by atoms with Crippen LogP contribution < -0.4 is 21.7 Å². The number of rotatable bonds is 14. The summed E-state index contributed by atoms with van der Waals surface area (Å²) in [6, 6.07) is -1.28. The monoisotopic (exact) mass is 485 g/mol. The van der Waals surface area contributed by atoms with E-state index in [1.165, 1.54) is 0 Å². The van der Waals surface area contributed by atoms with Crippen LogP contribution in [0.3, 0.4) is 0 Å². The standard InChI is InChI=1S/C23H37F2N5O4/c1-2-15-9-13-29(14-10-15)22-18(24)16(7-3-5-11-26)21(30(33)34)20(19(22)25)28-17(23(31)32)8-4-6-12-27/h15,17,28H,2-14,26-27H2,1H3,(H,31,32)/t17-/m0/s1. The van der Waals surface area contributed by atoms with Gasteiger partial charge in [0.2, 0.25) is 0 Å². The molecule has 0 radical (unpaired) electrons. The Morgan fingerprint density at radius 1 is 1.18 bits per heavy atom. The normalized spacial score (nSPS) is 15.4. The number of benzene rings is 1. The first kappa shape index (κ1) is 27.7. The van der Waals surface area contributed by atoms with Gasteiger partial charge in [0, 0.05) is 13.1 Å². The molecule has 1 aliphatic rings. The van der Waals surface area contributed by atoms with Crippen molar-refractivity contribution in [1.82, 2.24) is 0 Å². The van der Waals surface area contributed by atoms with Crippen LogP contribution in [0, 0.1) is 27.7 Å². The minimum absolute atomic E-state index is 0.00234. The Labute approximate surface area is 199 Å². The number of carboxylic acids is 1. The number of unbranched alkanes of at least 4 members (excludes halogenated alkanes) is 2. The molecular formula is C23H37F2N5O4. The van der Waals surface area contributed by atoms with Crippen LogP contribution in [-0.2, 0) is 11.2 Å². The molecule has 9 nitrogen and oxygen atoms in total. The molecule has 1 saturated heterocycles. The van der Waals surface area contributed by atoms with Crippen LogP contribution in [0.1, 0.15) is 63.9 Å². The van der Waals surface area contributed by atoms with Gasteiger partial charge in [0.05, 0.1) is 10.5 Å². The number of nitrogens with two attached hydrogens (primary N) is 2. The average molecular weight is 486 g/mol. The van der Waals surface area contributed by atoms with Crippen molar-refractivity contribution in [3.63, 3.8) is 0 Å². The Bertz CT molecular complexity index is 847. The topological polar surface area (TPSA) is 148 Å². The summed E-state index contributed by atoms with van der Waals surface area (Å²) in [6.07, 6.45) is 4.49. The fourth-order valence-electron chi connectivity index (χ4n) is 4.49. The summed E-state index contributed by atoms with van der Waals surface area (Å²) >= 11 is 0. The van der Waals surface area contributed by atoms with E-state index in [1.807, 2.05) is 0 Å². The quantitative estimate of drug-likeness (QED) is 0.177. The van der Waals surface area contributed by atoms with Crippen LogP contribution >= 0.6 is 0 Å². The van der Waals surface area contributed by atoms with Gasteiger partial charge in [-0.1, -0.05) is 13.3 Å². The van der Waals surface area contributed by atoms with Crippen LogP contribution in [0.15, 0.2) is 0 Å². The van der Waals surface area contributed by atoms with Crippen molar-refractivity contribution in [3.05, 3.63) is 27.3 Å². The number of nitrogens with one attached hydrogen (secondary N) is 1. The number of carbonyl (C=O) groups is 1. The average Bonchev–Trinajstić information content (AvgIpc) is 2.81. The molecule has 0 unspecified atom stereocenters. The van der Waals surface area contributed by atoms with Crippen molar-refractivity contribution in [2.75, 3.05) is 36.4 Å². The van der Waals surface area contributed by atoms with Gasteiger partial charge in [-0.3, -0.25) is 10.1 Å². The minimum atomic E-state index is -1.28. The van der Waals surface area contributed by atoms with Gasteiger partial charge in [0.25, 0.3) is 0 Å². The van der Waals surface area contributed by atoms with Gasteiger partial charge < -0.3 is 26.8 Å². The summed E-state index contributed by atoms with van der Waals surface area (Å²) < 4.78 is 31.5. The van der Waals surface area contributed by atoms with Crippen molar-refractivity contribution in [2.45, 2.75) is 70.8 Å². The molecular weight excluding hydrogens is 448 g/mol. The van der Waals surface area contributed by atoms with Gasteiger partial charge in [0.1, 0.15) is 11.7 Å². The molecule has 0 aliphatic carbocycles.